The molecule has 1 heterocycles. The number of esters is 1. The van der Waals surface area contributed by atoms with Gasteiger partial charge in [0.05, 0.1) is 0 Å². The molecule has 21 heavy (non-hydrogen) atoms. The van der Waals surface area contributed by atoms with Gasteiger partial charge in [-0.3, -0.25) is 9.59 Å². The minimum Gasteiger partial charge on any atom is -0.481 e. The molecule has 2 rings (SSSR count). The number of thioether (sulfide) groups is 1. The van der Waals surface area contributed by atoms with Gasteiger partial charge in [-0.2, -0.15) is 0 Å². The molecule has 2 atom stereocenters. The summed E-state index contributed by atoms with van der Waals surface area (Å²) >= 11 is 1.57. The number of carbonyl (C=O) groups excluding carboxylic acids is 2. The number of para-hydroxylation sites is 1. The van der Waals surface area contributed by atoms with Gasteiger partial charge < -0.3 is 9.47 Å². The summed E-state index contributed by atoms with van der Waals surface area (Å²) < 4.78 is 11.0. The van der Waals surface area contributed by atoms with Crippen molar-refractivity contribution in [3.8, 4) is 5.75 Å². The standard InChI is InChI=1S/C16H20O4S/c1-10(15(18)20-16(2,3)4)14(17)12-9-21-13-8-6-5-7-11(13)19-12/h5-8,10,12H,9H2,1-4H3. The molecule has 0 bridgehead atoms. The normalized spacial score (nSPS) is 19.1. The number of ketones is 1. The van der Waals surface area contributed by atoms with E-state index in [1.807, 2.05) is 24.3 Å². The molecule has 0 aliphatic carbocycles. The summed E-state index contributed by atoms with van der Waals surface area (Å²) in [4.78, 5) is 25.4. The van der Waals surface area contributed by atoms with E-state index >= 15 is 0 Å². The first-order valence-corrected chi connectivity index (χ1v) is 7.91. The Balaban J connectivity index is 2.03. The van der Waals surface area contributed by atoms with Crippen LogP contribution in [0.4, 0.5) is 0 Å². The summed E-state index contributed by atoms with van der Waals surface area (Å²) in [5.41, 5.74) is -0.597. The number of rotatable bonds is 3. The van der Waals surface area contributed by atoms with Crippen LogP contribution in [0.1, 0.15) is 27.7 Å². The van der Waals surface area contributed by atoms with Crippen LogP contribution in [0.5, 0.6) is 5.75 Å². The van der Waals surface area contributed by atoms with Crippen molar-refractivity contribution in [1.82, 2.24) is 0 Å². The highest BCUT2D eigenvalue weighted by Crippen LogP contribution is 2.35. The average Bonchev–Trinajstić information content (AvgIpc) is 2.43. The maximum atomic E-state index is 12.4. The van der Waals surface area contributed by atoms with Gasteiger partial charge in [-0.25, -0.2) is 0 Å². The topological polar surface area (TPSA) is 52.6 Å². The van der Waals surface area contributed by atoms with Crippen molar-refractivity contribution in [3.05, 3.63) is 24.3 Å². The van der Waals surface area contributed by atoms with Crippen molar-refractivity contribution in [1.29, 1.82) is 0 Å². The maximum Gasteiger partial charge on any atom is 0.316 e. The van der Waals surface area contributed by atoms with E-state index in [9.17, 15) is 9.59 Å². The van der Waals surface area contributed by atoms with E-state index in [1.165, 1.54) is 0 Å². The Bertz CT molecular complexity index is 547. The Hall–Kier alpha value is -1.49. The lowest BCUT2D eigenvalue weighted by Gasteiger charge is -2.27. The lowest BCUT2D eigenvalue weighted by Crippen LogP contribution is -2.40. The molecule has 0 fully saturated rings. The summed E-state index contributed by atoms with van der Waals surface area (Å²) in [5, 5.41) is 0. The minimum atomic E-state index is -0.819. The average molecular weight is 308 g/mol. The molecule has 2 unspecified atom stereocenters. The second kappa shape index (κ2) is 6.10. The number of hydrogen-bond donors (Lipinski definition) is 0. The van der Waals surface area contributed by atoms with Gasteiger partial charge in [0.15, 0.2) is 11.9 Å². The van der Waals surface area contributed by atoms with Crippen LogP contribution < -0.4 is 4.74 Å². The van der Waals surface area contributed by atoms with Crippen LogP contribution in [0.3, 0.4) is 0 Å². The smallest absolute Gasteiger partial charge is 0.316 e. The molecule has 114 valence electrons. The van der Waals surface area contributed by atoms with Crippen molar-refractivity contribution in [3.63, 3.8) is 0 Å². The third-order valence-corrected chi connectivity index (χ3v) is 4.13. The Morgan fingerprint density at radius 2 is 2.00 bits per heavy atom. The lowest BCUT2D eigenvalue weighted by molar-refractivity contribution is -0.162. The Labute approximate surface area is 129 Å². The van der Waals surface area contributed by atoms with E-state index in [4.69, 9.17) is 9.47 Å². The van der Waals surface area contributed by atoms with E-state index < -0.39 is 23.6 Å². The Morgan fingerprint density at radius 3 is 2.67 bits per heavy atom. The molecule has 0 amide bonds. The van der Waals surface area contributed by atoms with Crippen LogP contribution in [0.2, 0.25) is 0 Å². The van der Waals surface area contributed by atoms with Crippen LogP contribution >= 0.6 is 11.8 Å². The summed E-state index contributed by atoms with van der Waals surface area (Å²) in [5.74, 6) is -0.335. The Kier molecular flexibility index (Phi) is 4.61. The van der Waals surface area contributed by atoms with Crippen molar-refractivity contribution in [2.45, 2.75) is 44.3 Å². The number of hydrogen-bond acceptors (Lipinski definition) is 5. The van der Waals surface area contributed by atoms with Gasteiger partial charge in [-0.15, -0.1) is 11.8 Å². The van der Waals surface area contributed by atoms with Crippen molar-refractivity contribution < 1.29 is 19.1 Å². The van der Waals surface area contributed by atoms with Crippen LogP contribution in [0, 0.1) is 5.92 Å². The molecular formula is C16H20O4S. The summed E-state index contributed by atoms with van der Waals surface area (Å²) in [6.07, 6.45) is -0.604. The van der Waals surface area contributed by atoms with Gasteiger partial charge in [0.2, 0.25) is 0 Å². The van der Waals surface area contributed by atoms with Crippen LogP contribution in [0.15, 0.2) is 29.2 Å². The van der Waals surface area contributed by atoms with Crippen molar-refractivity contribution in [2.24, 2.45) is 5.92 Å². The highest BCUT2D eigenvalue weighted by molar-refractivity contribution is 7.99. The molecule has 0 spiro atoms. The molecule has 1 aromatic rings. The van der Waals surface area contributed by atoms with Gasteiger partial charge in [-0.05, 0) is 39.8 Å². The molecule has 0 radical (unpaired) electrons. The highest BCUT2D eigenvalue weighted by atomic mass is 32.2. The Morgan fingerprint density at radius 1 is 1.33 bits per heavy atom. The number of carbonyl (C=O) groups is 2. The molecule has 1 aliphatic heterocycles. The van der Waals surface area contributed by atoms with Gasteiger partial charge in [-0.1, -0.05) is 12.1 Å². The fourth-order valence-corrected chi connectivity index (χ4v) is 2.94. The fraction of sp³-hybridized carbons (Fsp3) is 0.500. The zero-order valence-corrected chi connectivity index (χ0v) is 13.5. The third kappa shape index (κ3) is 4.00. The zero-order valence-electron chi connectivity index (χ0n) is 12.7. The van der Waals surface area contributed by atoms with E-state index in [-0.39, 0.29) is 5.78 Å². The second-order valence-corrected chi connectivity index (χ2v) is 7.08. The molecule has 4 nitrogen and oxygen atoms in total. The molecular weight excluding hydrogens is 288 g/mol. The molecule has 0 aromatic heterocycles. The first-order valence-electron chi connectivity index (χ1n) is 6.93. The molecule has 1 aliphatic rings. The predicted octanol–water partition coefficient (Wildman–Crippen LogP) is 3.09. The highest BCUT2D eigenvalue weighted by Gasteiger charge is 2.35. The van der Waals surface area contributed by atoms with E-state index in [1.54, 1.807) is 39.5 Å². The third-order valence-electron chi connectivity index (χ3n) is 3.01. The number of benzene rings is 1. The fourth-order valence-electron chi connectivity index (χ4n) is 1.94. The van der Waals surface area contributed by atoms with Crippen molar-refractivity contribution in [2.75, 3.05) is 5.75 Å². The van der Waals surface area contributed by atoms with Crippen LogP contribution in [-0.4, -0.2) is 29.2 Å². The summed E-state index contributed by atoms with van der Waals surface area (Å²) in [7, 11) is 0. The first kappa shape index (κ1) is 15.9. The first-order chi connectivity index (χ1) is 9.78. The van der Waals surface area contributed by atoms with Crippen molar-refractivity contribution >= 4 is 23.5 Å². The van der Waals surface area contributed by atoms with E-state index in [0.29, 0.717) is 11.5 Å². The summed E-state index contributed by atoms with van der Waals surface area (Å²) in [6, 6.07) is 7.59. The number of ether oxygens (including phenoxy) is 2. The van der Waals surface area contributed by atoms with Gasteiger partial charge in [0, 0.05) is 10.6 Å². The molecule has 1 aromatic carbocycles. The second-order valence-electron chi connectivity index (χ2n) is 6.02. The van der Waals surface area contributed by atoms with Crippen LogP contribution in [-0.2, 0) is 14.3 Å². The monoisotopic (exact) mass is 308 g/mol. The minimum absolute atomic E-state index is 0.230. The van der Waals surface area contributed by atoms with Gasteiger partial charge in [0.1, 0.15) is 17.3 Å². The summed E-state index contributed by atoms with van der Waals surface area (Å²) in [6.45, 7) is 6.92. The molecule has 0 saturated carbocycles. The molecule has 5 heteroatoms. The quantitative estimate of drug-likeness (QED) is 0.634. The number of Topliss-reactive ketones (excluding diaryl/α,β-unsaturated/α-hetero) is 1. The lowest BCUT2D eigenvalue weighted by atomic mass is 10.0. The molecule has 0 N–H and O–H groups in total. The van der Waals surface area contributed by atoms with Gasteiger partial charge >= 0.3 is 5.97 Å². The SMILES string of the molecule is CC(C(=O)OC(C)(C)C)C(=O)C1CSc2ccccc2O1. The van der Waals surface area contributed by atoms with E-state index in [0.717, 1.165) is 4.90 Å². The maximum absolute atomic E-state index is 12.4. The number of fused-ring (bicyclic) bond motifs is 1. The largest absolute Gasteiger partial charge is 0.481 e. The molecule has 0 saturated heterocycles. The predicted molar refractivity (Wildman–Crippen MR) is 81.6 cm³/mol. The van der Waals surface area contributed by atoms with E-state index in [2.05, 4.69) is 0 Å². The zero-order chi connectivity index (χ0) is 15.6. The van der Waals surface area contributed by atoms with Crippen LogP contribution in [0.25, 0.3) is 0 Å². The van der Waals surface area contributed by atoms with Gasteiger partial charge in [0.25, 0.3) is 0 Å².